The fourth-order valence-electron chi connectivity index (χ4n) is 1.91. The fourth-order valence-corrected chi connectivity index (χ4v) is 1.91. The first-order valence-electron chi connectivity index (χ1n) is 4.89. The summed E-state index contributed by atoms with van der Waals surface area (Å²) in [5.74, 6) is 0.631. The second kappa shape index (κ2) is 3.81. The molecule has 2 aliphatic rings. The van der Waals surface area contributed by atoms with Gasteiger partial charge in [-0.05, 0) is 36.6 Å². The van der Waals surface area contributed by atoms with Gasteiger partial charge in [-0.2, -0.15) is 0 Å². The minimum Gasteiger partial charge on any atom is -0.487 e. The van der Waals surface area contributed by atoms with Gasteiger partial charge in [-0.3, -0.25) is 0 Å². The Kier molecular flexibility index (Phi) is 2.65. The van der Waals surface area contributed by atoms with Crippen molar-refractivity contribution in [2.75, 3.05) is 6.61 Å². The van der Waals surface area contributed by atoms with Gasteiger partial charge >= 0.3 is 0 Å². The highest BCUT2D eigenvalue weighted by Crippen LogP contribution is 2.32. The predicted molar refractivity (Wildman–Crippen MR) is 55.6 cm³/mol. The summed E-state index contributed by atoms with van der Waals surface area (Å²) >= 11 is 0. The van der Waals surface area contributed by atoms with E-state index in [0.29, 0.717) is 0 Å². The van der Waals surface area contributed by atoms with Crippen LogP contribution in [0.15, 0.2) is 18.2 Å². The first-order chi connectivity index (χ1) is 6.83. The topological polar surface area (TPSA) is 21.8 Å². The summed E-state index contributed by atoms with van der Waals surface area (Å²) in [6, 6.07) is 4.70. The Bertz CT molecular complexity index is 361. The molecular weight excluding hydrogens is 195 g/mol. The third kappa shape index (κ3) is 1.97. The average molecular weight is 210 g/mol. The number of ether oxygens (including phenoxy) is 2. The number of halogens is 1. The summed E-state index contributed by atoms with van der Waals surface area (Å²) in [6.45, 7) is 0.807. The molecule has 0 aromatic heterocycles. The van der Waals surface area contributed by atoms with E-state index >= 15 is 0 Å². The van der Waals surface area contributed by atoms with Crippen LogP contribution in [-0.4, -0.2) is 18.8 Å². The van der Waals surface area contributed by atoms with Gasteiger partial charge in [0.1, 0.15) is 23.8 Å². The molecule has 0 radical (unpaired) electrons. The fraction of sp³-hybridized carbons (Fsp3) is 0.500. The van der Waals surface area contributed by atoms with Crippen LogP contribution in [0.25, 0.3) is 0 Å². The van der Waals surface area contributed by atoms with Crippen LogP contribution in [0, 0.1) is 5.82 Å². The Morgan fingerprint density at radius 2 is 2.07 bits per heavy atom. The van der Waals surface area contributed by atoms with E-state index in [0.717, 1.165) is 30.8 Å². The summed E-state index contributed by atoms with van der Waals surface area (Å²) in [6.07, 6.45) is 2.26. The van der Waals surface area contributed by atoms with Gasteiger partial charge in [0.15, 0.2) is 0 Å². The van der Waals surface area contributed by atoms with Crippen molar-refractivity contribution >= 4 is 0 Å². The lowest BCUT2D eigenvalue weighted by atomic mass is 10.0. The standard InChI is InChI=1S/C11H11FO2.CH4/c12-8-2-4-9-7(5-8)1-3-10(14-9)11-6-13-11;/h2,4-5,10-11H,1,3,6H2;1H4/t10-,11-;/m0./s1. The molecule has 0 unspecified atom stereocenters. The van der Waals surface area contributed by atoms with Crippen LogP contribution in [0.2, 0.25) is 0 Å². The lowest BCUT2D eigenvalue weighted by Gasteiger charge is -2.24. The molecule has 2 heterocycles. The molecule has 2 atom stereocenters. The smallest absolute Gasteiger partial charge is 0.127 e. The third-order valence-corrected chi connectivity index (χ3v) is 2.77. The van der Waals surface area contributed by atoms with Crippen LogP contribution in [0.3, 0.4) is 0 Å². The number of aryl methyl sites for hydroxylation is 1. The molecule has 2 aliphatic heterocycles. The van der Waals surface area contributed by atoms with Crippen molar-refractivity contribution in [2.45, 2.75) is 32.5 Å². The minimum atomic E-state index is -0.187. The minimum absolute atomic E-state index is 0. The van der Waals surface area contributed by atoms with Gasteiger partial charge in [-0.25, -0.2) is 4.39 Å². The molecule has 82 valence electrons. The van der Waals surface area contributed by atoms with E-state index in [1.807, 2.05) is 0 Å². The number of hydrogen-bond acceptors (Lipinski definition) is 2. The highest BCUT2D eigenvalue weighted by Gasteiger charge is 2.36. The van der Waals surface area contributed by atoms with Crippen LogP contribution in [-0.2, 0) is 11.2 Å². The number of fused-ring (bicyclic) bond motifs is 1. The van der Waals surface area contributed by atoms with Gasteiger partial charge in [-0.1, -0.05) is 7.43 Å². The van der Waals surface area contributed by atoms with Crippen molar-refractivity contribution in [3.8, 4) is 5.75 Å². The lowest BCUT2D eigenvalue weighted by Crippen LogP contribution is -2.27. The van der Waals surface area contributed by atoms with Crippen molar-refractivity contribution in [3.63, 3.8) is 0 Å². The van der Waals surface area contributed by atoms with Gasteiger partial charge in [0, 0.05) is 0 Å². The van der Waals surface area contributed by atoms with Gasteiger partial charge in [0.25, 0.3) is 0 Å². The zero-order chi connectivity index (χ0) is 9.54. The molecule has 15 heavy (non-hydrogen) atoms. The SMILES string of the molecule is C.Fc1ccc2c(c1)CC[C@@H]([C@@H]1CO1)O2. The average Bonchev–Trinajstić information content (AvgIpc) is 3.00. The largest absolute Gasteiger partial charge is 0.487 e. The monoisotopic (exact) mass is 210 g/mol. The first-order valence-corrected chi connectivity index (χ1v) is 4.89. The molecule has 0 amide bonds. The maximum absolute atomic E-state index is 12.9. The Labute approximate surface area is 89.0 Å². The third-order valence-electron chi connectivity index (χ3n) is 2.77. The normalized spacial score (nSPS) is 27.3. The van der Waals surface area contributed by atoms with Crippen LogP contribution in [0.4, 0.5) is 4.39 Å². The van der Waals surface area contributed by atoms with Crippen molar-refractivity contribution in [1.82, 2.24) is 0 Å². The summed E-state index contributed by atoms with van der Waals surface area (Å²) in [5.41, 5.74) is 0.974. The van der Waals surface area contributed by atoms with Crippen molar-refractivity contribution in [1.29, 1.82) is 0 Å². The molecule has 0 saturated carbocycles. The maximum atomic E-state index is 12.9. The summed E-state index contributed by atoms with van der Waals surface area (Å²) in [5, 5.41) is 0. The summed E-state index contributed by atoms with van der Waals surface area (Å²) in [4.78, 5) is 0. The molecule has 3 rings (SSSR count). The lowest BCUT2D eigenvalue weighted by molar-refractivity contribution is 0.136. The van der Waals surface area contributed by atoms with Gasteiger partial charge in [-0.15, -0.1) is 0 Å². The van der Waals surface area contributed by atoms with E-state index in [9.17, 15) is 4.39 Å². The van der Waals surface area contributed by atoms with Crippen LogP contribution >= 0.6 is 0 Å². The highest BCUT2D eigenvalue weighted by molar-refractivity contribution is 5.36. The van der Waals surface area contributed by atoms with E-state index in [2.05, 4.69) is 0 Å². The predicted octanol–water partition coefficient (Wildman–Crippen LogP) is 2.55. The molecule has 1 aromatic rings. The van der Waals surface area contributed by atoms with E-state index < -0.39 is 0 Å². The van der Waals surface area contributed by atoms with Crippen molar-refractivity contribution in [2.24, 2.45) is 0 Å². The van der Waals surface area contributed by atoms with Gasteiger partial charge in [0.05, 0.1) is 6.61 Å². The quantitative estimate of drug-likeness (QED) is 0.664. The van der Waals surface area contributed by atoms with Crippen molar-refractivity contribution < 1.29 is 13.9 Å². The van der Waals surface area contributed by atoms with Crippen molar-refractivity contribution in [3.05, 3.63) is 29.6 Å². The van der Waals surface area contributed by atoms with Crippen LogP contribution in [0.1, 0.15) is 19.4 Å². The Morgan fingerprint density at radius 1 is 1.27 bits per heavy atom. The van der Waals surface area contributed by atoms with E-state index in [1.54, 1.807) is 12.1 Å². The molecule has 3 heteroatoms. The maximum Gasteiger partial charge on any atom is 0.127 e. The number of rotatable bonds is 1. The molecule has 0 aliphatic carbocycles. The van der Waals surface area contributed by atoms with Gasteiger partial charge < -0.3 is 9.47 Å². The van der Waals surface area contributed by atoms with Gasteiger partial charge in [0.2, 0.25) is 0 Å². The van der Waals surface area contributed by atoms with E-state index in [4.69, 9.17) is 9.47 Å². The molecule has 0 bridgehead atoms. The molecular formula is C12H15FO2. The Morgan fingerprint density at radius 3 is 2.80 bits per heavy atom. The van der Waals surface area contributed by atoms with E-state index in [-0.39, 0.29) is 25.5 Å². The zero-order valence-electron chi connectivity index (χ0n) is 7.70. The highest BCUT2D eigenvalue weighted by atomic mass is 19.1. The number of hydrogen-bond donors (Lipinski definition) is 0. The molecule has 1 aromatic carbocycles. The van der Waals surface area contributed by atoms with E-state index in [1.165, 1.54) is 6.07 Å². The first kappa shape index (κ1) is 10.4. The summed E-state index contributed by atoms with van der Waals surface area (Å²) in [7, 11) is 0. The Balaban J connectivity index is 0.000000853. The van der Waals surface area contributed by atoms with Crippen LogP contribution < -0.4 is 4.74 Å². The molecule has 1 saturated heterocycles. The molecule has 0 spiro atoms. The van der Waals surface area contributed by atoms with Crippen LogP contribution in [0.5, 0.6) is 5.75 Å². The number of benzene rings is 1. The zero-order valence-corrected chi connectivity index (χ0v) is 7.70. The Hall–Kier alpha value is -1.09. The number of epoxide rings is 1. The summed E-state index contributed by atoms with van der Waals surface area (Å²) < 4.78 is 23.8. The molecule has 2 nitrogen and oxygen atoms in total. The molecule has 0 N–H and O–H groups in total. The second-order valence-electron chi connectivity index (χ2n) is 3.82. The molecule has 1 fully saturated rings. The second-order valence-corrected chi connectivity index (χ2v) is 3.82.